The predicted octanol–water partition coefficient (Wildman–Crippen LogP) is -2.26. The summed E-state index contributed by atoms with van der Waals surface area (Å²) in [5.74, 6) is -2.79. The average Bonchev–Trinajstić information content (AvgIpc) is 2.80. The first-order valence-electron chi connectivity index (χ1n) is 12.1. The van der Waals surface area contributed by atoms with Crippen LogP contribution in [0.4, 0.5) is 0 Å². The van der Waals surface area contributed by atoms with Crippen LogP contribution in [-0.4, -0.2) is 66.8 Å². The third-order valence-corrected chi connectivity index (χ3v) is 5.68. The first kappa shape index (κ1) is 32.4. The molecule has 0 aliphatic rings. The summed E-state index contributed by atoms with van der Waals surface area (Å²) in [6, 6.07) is -2.79. The van der Waals surface area contributed by atoms with Crippen molar-refractivity contribution in [3.8, 4) is 0 Å². The van der Waals surface area contributed by atoms with E-state index in [2.05, 4.69) is 25.9 Å². The quantitative estimate of drug-likeness (QED) is 0.0597. The van der Waals surface area contributed by atoms with Gasteiger partial charge in [-0.1, -0.05) is 27.2 Å². The summed E-state index contributed by atoms with van der Waals surface area (Å²) in [5.41, 5.74) is 26.7. The second kappa shape index (κ2) is 16.9. The molecule has 13 N–H and O–H groups in total. The smallest absolute Gasteiger partial charge is 0.243 e. The van der Waals surface area contributed by atoms with Gasteiger partial charge < -0.3 is 44.6 Å². The van der Waals surface area contributed by atoms with Crippen LogP contribution < -0.4 is 44.6 Å². The van der Waals surface area contributed by atoms with E-state index in [9.17, 15) is 19.2 Å². The standard InChI is InChI=1S/C22H44N10O4/c1-5-12(2)16(17(23)33)32-20(36)15(9-7-11-29-22(26)27)31-19(35)14(4)30-18(34)13(3)8-6-10-28-21(24)25/h12-16H,5-11H2,1-4H3,(H2,23,33)(H,30,34)(H,31,35)(H,32,36)(H4,24,25,28)(H4,26,27,29)/t12?,13-,14-,15-,16-/m0/s1. The van der Waals surface area contributed by atoms with Gasteiger partial charge in [0, 0.05) is 19.0 Å². The van der Waals surface area contributed by atoms with Gasteiger partial charge in [0.05, 0.1) is 0 Å². The molecule has 0 heterocycles. The molecule has 14 heteroatoms. The van der Waals surface area contributed by atoms with Crippen molar-refractivity contribution < 1.29 is 19.2 Å². The molecule has 0 aromatic heterocycles. The van der Waals surface area contributed by atoms with Crippen LogP contribution >= 0.6 is 0 Å². The molecule has 206 valence electrons. The maximum atomic E-state index is 13.0. The van der Waals surface area contributed by atoms with Gasteiger partial charge in [-0.15, -0.1) is 0 Å². The van der Waals surface area contributed by atoms with Crippen LogP contribution in [0.5, 0.6) is 0 Å². The molecule has 0 fully saturated rings. The van der Waals surface area contributed by atoms with Crippen molar-refractivity contribution in [1.29, 1.82) is 0 Å². The van der Waals surface area contributed by atoms with Crippen LogP contribution in [0.3, 0.4) is 0 Å². The fourth-order valence-corrected chi connectivity index (χ4v) is 3.21. The van der Waals surface area contributed by atoms with E-state index in [0.29, 0.717) is 32.2 Å². The van der Waals surface area contributed by atoms with Gasteiger partial charge >= 0.3 is 0 Å². The van der Waals surface area contributed by atoms with Gasteiger partial charge in [-0.2, -0.15) is 0 Å². The number of nitrogens with two attached hydrogens (primary N) is 5. The number of amides is 4. The van der Waals surface area contributed by atoms with E-state index in [-0.39, 0.29) is 42.6 Å². The maximum absolute atomic E-state index is 13.0. The number of nitrogens with zero attached hydrogens (tertiary/aromatic N) is 2. The number of carbonyl (C=O) groups is 4. The molecule has 14 nitrogen and oxygen atoms in total. The van der Waals surface area contributed by atoms with Crippen molar-refractivity contribution in [2.24, 2.45) is 50.5 Å². The normalized spacial score (nSPS) is 14.8. The van der Waals surface area contributed by atoms with Crippen molar-refractivity contribution in [1.82, 2.24) is 16.0 Å². The lowest BCUT2D eigenvalue weighted by Crippen LogP contribution is -2.57. The van der Waals surface area contributed by atoms with Gasteiger partial charge in [0.15, 0.2) is 11.9 Å². The highest BCUT2D eigenvalue weighted by Gasteiger charge is 2.29. The molecular formula is C22H44N10O4. The minimum absolute atomic E-state index is 0.0133. The topological polar surface area (TPSA) is 259 Å². The number of primary amides is 1. The summed E-state index contributed by atoms with van der Waals surface area (Å²) in [5, 5.41) is 7.91. The second-order valence-corrected chi connectivity index (χ2v) is 8.86. The van der Waals surface area contributed by atoms with Gasteiger partial charge in [0.25, 0.3) is 0 Å². The van der Waals surface area contributed by atoms with E-state index in [1.165, 1.54) is 6.92 Å². The van der Waals surface area contributed by atoms with E-state index in [4.69, 9.17) is 28.7 Å². The number of guanidine groups is 2. The Hall–Kier alpha value is -3.58. The Balaban J connectivity index is 5.19. The van der Waals surface area contributed by atoms with Crippen molar-refractivity contribution in [3.63, 3.8) is 0 Å². The number of nitrogens with one attached hydrogen (secondary N) is 3. The molecule has 0 aliphatic carbocycles. The van der Waals surface area contributed by atoms with Crippen molar-refractivity contribution in [2.45, 2.75) is 77.9 Å². The maximum Gasteiger partial charge on any atom is 0.243 e. The largest absolute Gasteiger partial charge is 0.370 e. The predicted molar refractivity (Wildman–Crippen MR) is 139 cm³/mol. The zero-order valence-corrected chi connectivity index (χ0v) is 21.8. The highest BCUT2D eigenvalue weighted by atomic mass is 16.2. The van der Waals surface area contributed by atoms with Gasteiger partial charge in [0.2, 0.25) is 23.6 Å². The summed E-state index contributed by atoms with van der Waals surface area (Å²) in [7, 11) is 0. The highest BCUT2D eigenvalue weighted by molar-refractivity contribution is 5.94. The zero-order valence-electron chi connectivity index (χ0n) is 21.8. The molecule has 36 heavy (non-hydrogen) atoms. The molecule has 0 aromatic carbocycles. The van der Waals surface area contributed by atoms with Crippen molar-refractivity contribution >= 4 is 35.5 Å². The first-order valence-corrected chi connectivity index (χ1v) is 12.1. The number of rotatable bonds is 17. The highest BCUT2D eigenvalue weighted by Crippen LogP contribution is 2.09. The van der Waals surface area contributed by atoms with E-state index in [1.54, 1.807) is 13.8 Å². The minimum Gasteiger partial charge on any atom is -0.370 e. The average molecular weight is 513 g/mol. The second-order valence-electron chi connectivity index (χ2n) is 8.86. The van der Waals surface area contributed by atoms with Crippen molar-refractivity contribution in [2.75, 3.05) is 13.1 Å². The summed E-state index contributed by atoms with van der Waals surface area (Å²) in [6.07, 6.45) is 2.32. The first-order chi connectivity index (χ1) is 16.8. The summed E-state index contributed by atoms with van der Waals surface area (Å²) in [4.78, 5) is 57.8. The Morgan fingerprint density at radius 2 is 1.25 bits per heavy atom. The molecule has 0 aromatic rings. The molecule has 5 atom stereocenters. The monoisotopic (exact) mass is 512 g/mol. The molecule has 0 saturated carbocycles. The number of carbonyl (C=O) groups excluding carboxylic acids is 4. The fourth-order valence-electron chi connectivity index (χ4n) is 3.21. The Labute approximate surface area is 212 Å². The summed E-state index contributed by atoms with van der Waals surface area (Å²) in [6.45, 7) is 7.55. The molecule has 0 bridgehead atoms. The lowest BCUT2D eigenvalue weighted by atomic mass is 9.98. The minimum atomic E-state index is -0.992. The molecule has 0 aliphatic heterocycles. The number of aliphatic imine (C=N–C) groups is 2. The lowest BCUT2D eigenvalue weighted by molar-refractivity contribution is -0.134. The van der Waals surface area contributed by atoms with E-state index >= 15 is 0 Å². The van der Waals surface area contributed by atoms with Gasteiger partial charge in [-0.3, -0.25) is 29.2 Å². The van der Waals surface area contributed by atoms with Crippen LogP contribution in [0.15, 0.2) is 9.98 Å². The van der Waals surface area contributed by atoms with Crippen LogP contribution in [0.2, 0.25) is 0 Å². The van der Waals surface area contributed by atoms with Crippen LogP contribution in [-0.2, 0) is 19.2 Å². The van der Waals surface area contributed by atoms with Crippen LogP contribution in [0.25, 0.3) is 0 Å². The van der Waals surface area contributed by atoms with Gasteiger partial charge in [-0.25, -0.2) is 0 Å². The SMILES string of the molecule is CCC(C)[C@H](NC(=O)[C@H](CCCN=C(N)N)NC(=O)[C@H](C)NC(=O)[C@@H](C)CCCN=C(N)N)C(N)=O. The van der Waals surface area contributed by atoms with Crippen LogP contribution in [0, 0.1) is 11.8 Å². The molecule has 0 rings (SSSR count). The van der Waals surface area contributed by atoms with Gasteiger partial charge in [-0.05, 0) is 38.5 Å². The molecule has 0 spiro atoms. The summed E-state index contributed by atoms with van der Waals surface area (Å²) < 4.78 is 0. The molecular weight excluding hydrogens is 468 g/mol. The van der Waals surface area contributed by atoms with Crippen molar-refractivity contribution in [3.05, 3.63) is 0 Å². The molecule has 4 amide bonds. The van der Waals surface area contributed by atoms with E-state index < -0.39 is 35.8 Å². The Morgan fingerprint density at radius 1 is 0.722 bits per heavy atom. The fraction of sp³-hybridized carbons (Fsp3) is 0.727. The number of hydrogen-bond acceptors (Lipinski definition) is 6. The Bertz CT molecular complexity index is 794. The molecule has 1 unspecified atom stereocenters. The zero-order chi connectivity index (χ0) is 27.8. The molecule has 0 radical (unpaired) electrons. The van der Waals surface area contributed by atoms with E-state index in [0.717, 1.165) is 0 Å². The Morgan fingerprint density at radius 3 is 1.72 bits per heavy atom. The summed E-state index contributed by atoms with van der Waals surface area (Å²) >= 11 is 0. The third kappa shape index (κ3) is 13.3. The van der Waals surface area contributed by atoms with E-state index in [1.807, 2.05) is 6.92 Å². The molecule has 0 saturated heterocycles. The lowest BCUT2D eigenvalue weighted by Gasteiger charge is -2.26. The van der Waals surface area contributed by atoms with Gasteiger partial charge in [0.1, 0.15) is 18.1 Å². The Kier molecular flexibility index (Phi) is 15.3. The number of hydrogen-bond donors (Lipinski definition) is 8. The van der Waals surface area contributed by atoms with Crippen LogP contribution in [0.1, 0.15) is 59.8 Å². The third-order valence-electron chi connectivity index (χ3n) is 5.68.